The molecule has 2 aromatic carbocycles. The highest BCUT2D eigenvalue weighted by molar-refractivity contribution is 5.82. The van der Waals surface area contributed by atoms with Crippen LogP contribution >= 0.6 is 0 Å². The predicted molar refractivity (Wildman–Crippen MR) is 126 cm³/mol. The zero-order chi connectivity index (χ0) is 23.7. The summed E-state index contributed by atoms with van der Waals surface area (Å²) in [7, 11) is 0. The van der Waals surface area contributed by atoms with E-state index in [0.29, 0.717) is 26.1 Å². The maximum absolute atomic E-state index is 12.7. The average molecular weight is 463 g/mol. The van der Waals surface area contributed by atoms with Gasteiger partial charge in [-0.05, 0) is 53.4 Å². The van der Waals surface area contributed by atoms with Crippen molar-refractivity contribution in [1.82, 2.24) is 10.2 Å². The highest BCUT2D eigenvalue weighted by Gasteiger charge is 2.46. The van der Waals surface area contributed by atoms with Gasteiger partial charge < -0.3 is 20.1 Å². The first-order valence-electron chi connectivity index (χ1n) is 12.1. The van der Waals surface area contributed by atoms with Gasteiger partial charge in [0.2, 0.25) is 5.91 Å². The number of alkyl carbamates (subject to hydrolysis) is 1. The normalized spacial score (nSPS) is 22.7. The van der Waals surface area contributed by atoms with E-state index >= 15 is 0 Å². The fourth-order valence-corrected chi connectivity index (χ4v) is 5.47. The molecule has 1 aliphatic heterocycles. The first-order valence-corrected chi connectivity index (χ1v) is 12.1. The third-order valence-corrected chi connectivity index (χ3v) is 7.46. The lowest BCUT2D eigenvalue weighted by molar-refractivity contribution is -0.137. The Kier molecular flexibility index (Phi) is 6.26. The first kappa shape index (κ1) is 22.4. The number of aliphatic carboxylic acids is 1. The Hall–Kier alpha value is -3.35. The second-order valence-electron chi connectivity index (χ2n) is 9.68. The number of hydrogen-bond acceptors (Lipinski definition) is 4. The van der Waals surface area contributed by atoms with Crippen LogP contribution in [0.3, 0.4) is 0 Å². The number of likely N-dealkylation sites (tertiary alicyclic amines) is 1. The molecule has 7 nitrogen and oxygen atoms in total. The van der Waals surface area contributed by atoms with Crippen LogP contribution in [0.15, 0.2) is 48.5 Å². The number of rotatable bonds is 8. The van der Waals surface area contributed by atoms with Gasteiger partial charge in [0, 0.05) is 37.9 Å². The lowest BCUT2D eigenvalue weighted by Crippen LogP contribution is -2.32. The summed E-state index contributed by atoms with van der Waals surface area (Å²) in [4.78, 5) is 37.8. The Morgan fingerprint density at radius 1 is 1.03 bits per heavy atom. The molecule has 1 saturated heterocycles. The standard InChI is InChI=1S/C27H30N2O5/c30-25(31)10-9-17-11-12-29(15-17)26(32)23-13-18(23)14-28-27(33)34-16-24-21-7-3-1-5-19(21)20-6-2-4-8-22(20)24/h1-8,17-18,23-24H,9-16H2,(H,28,33)(H,30,31)/t17?,18-,23-/m1/s1. The number of nitrogens with one attached hydrogen (secondary N) is 1. The number of amides is 2. The van der Waals surface area contributed by atoms with Crippen molar-refractivity contribution in [3.05, 3.63) is 59.7 Å². The third kappa shape index (κ3) is 4.65. The summed E-state index contributed by atoms with van der Waals surface area (Å²) in [5.74, 6) is -0.254. The number of carbonyl (C=O) groups excluding carboxylic acids is 2. The van der Waals surface area contributed by atoms with E-state index in [1.54, 1.807) is 0 Å². The molecule has 2 aliphatic carbocycles. The molecular weight excluding hydrogens is 432 g/mol. The maximum Gasteiger partial charge on any atom is 0.407 e. The van der Waals surface area contributed by atoms with E-state index in [1.165, 1.54) is 22.3 Å². The monoisotopic (exact) mass is 462 g/mol. The number of fused-ring (bicyclic) bond motifs is 3. The summed E-state index contributed by atoms with van der Waals surface area (Å²) in [5, 5.41) is 11.7. The van der Waals surface area contributed by atoms with Crippen LogP contribution in [0.2, 0.25) is 0 Å². The molecule has 3 atom stereocenters. The van der Waals surface area contributed by atoms with Crippen molar-refractivity contribution in [2.75, 3.05) is 26.2 Å². The van der Waals surface area contributed by atoms with Gasteiger partial charge >= 0.3 is 12.1 Å². The number of carboxylic acids is 1. The van der Waals surface area contributed by atoms with Crippen molar-refractivity contribution in [3.63, 3.8) is 0 Å². The number of ether oxygens (including phenoxy) is 1. The molecule has 1 saturated carbocycles. The lowest BCUT2D eigenvalue weighted by atomic mass is 9.98. The van der Waals surface area contributed by atoms with Gasteiger partial charge in [0.15, 0.2) is 0 Å². The Balaban J connectivity index is 1.07. The van der Waals surface area contributed by atoms with Gasteiger partial charge in [0.1, 0.15) is 6.61 Å². The van der Waals surface area contributed by atoms with E-state index in [2.05, 4.69) is 29.6 Å². The maximum atomic E-state index is 12.7. The van der Waals surface area contributed by atoms with E-state index in [0.717, 1.165) is 12.8 Å². The van der Waals surface area contributed by atoms with Crippen LogP contribution in [0.5, 0.6) is 0 Å². The second-order valence-corrected chi connectivity index (χ2v) is 9.68. The van der Waals surface area contributed by atoms with Crippen molar-refractivity contribution in [1.29, 1.82) is 0 Å². The average Bonchev–Trinajstić information content (AvgIpc) is 3.34. The van der Waals surface area contributed by atoms with Gasteiger partial charge in [-0.2, -0.15) is 0 Å². The summed E-state index contributed by atoms with van der Waals surface area (Å²) in [6, 6.07) is 16.5. The first-order chi connectivity index (χ1) is 16.5. The van der Waals surface area contributed by atoms with Crippen molar-refractivity contribution in [2.45, 2.75) is 31.6 Å². The molecule has 34 heavy (non-hydrogen) atoms. The summed E-state index contributed by atoms with van der Waals surface area (Å²) < 4.78 is 5.58. The van der Waals surface area contributed by atoms with E-state index in [-0.39, 0.29) is 42.6 Å². The van der Waals surface area contributed by atoms with Crippen molar-refractivity contribution >= 4 is 18.0 Å². The van der Waals surface area contributed by atoms with Gasteiger partial charge in [-0.15, -0.1) is 0 Å². The molecule has 2 fully saturated rings. The molecule has 0 bridgehead atoms. The Morgan fingerprint density at radius 2 is 1.71 bits per heavy atom. The quantitative estimate of drug-likeness (QED) is 0.621. The van der Waals surface area contributed by atoms with Crippen LogP contribution in [0.1, 0.15) is 42.7 Å². The minimum Gasteiger partial charge on any atom is -0.481 e. The van der Waals surface area contributed by atoms with Crippen LogP contribution in [0.25, 0.3) is 11.1 Å². The minimum absolute atomic E-state index is 0.0256. The topological polar surface area (TPSA) is 95.9 Å². The third-order valence-electron chi connectivity index (χ3n) is 7.46. The Morgan fingerprint density at radius 3 is 2.38 bits per heavy atom. The number of hydrogen-bond donors (Lipinski definition) is 2. The van der Waals surface area contributed by atoms with Crippen LogP contribution in [0.4, 0.5) is 4.79 Å². The van der Waals surface area contributed by atoms with Gasteiger partial charge in [0.05, 0.1) is 0 Å². The largest absolute Gasteiger partial charge is 0.481 e. The fourth-order valence-electron chi connectivity index (χ4n) is 5.47. The summed E-state index contributed by atoms with van der Waals surface area (Å²) in [5.41, 5.74) is 4.74. The van der Waals surface area contributed by atoms with Gasteiger partial charge in [-0.25, -0.2) is 4.79 Å². The smallest absolute Gasteiger partial charge is 0.407 e. The zero-order valence-electron chi connectivity index (χ0n) is 19.1. The molecule has 1 unspecified atom stereocenters. The Bertz CT molecular complexity index is 1050. The summed E-state index contributed by atoms with van der Waals surface area (Å²) in [6.45, 7) is 2.06. The molecule has 1 heterocycles. The van der Waals surface area contributed by atoms with E-state index in [4.69, 9.17) is 9.84 Å². The second kappa shape index (κ2) is 9.49. The lowest BCUT2D eigenvalue weighted by Gasteiger charge is -2.17. The van der Waals surface area contributed by atoms with Crippen molar-refractivity contribution in [2.24, 2.45) is 17.8 Å². The molecule has 2 amide bonds. The molecule has 5 rings (SSSR count). The molecule has 3 aliphatic rings. The SMILES string of the molecule is O=C(O)CCC1CCN(C(=O)[C@@H]2C[C@@H]2CNC(=O)OCC2c3ccccc3-c3ccccc32)C1. The van der Waals surface area contributed by atoms with Gasteiger partial charge in [-0.1, -0.05) is 48.5 Å². The summed E-state index contributed by atoms with van der Waals surface area (Å²) in [6.07, 6.45) is 1.97. The van der Waals surface area contributed by atoms with Crippen molar-refractivity contribution < 1.29 is 24.2 Å². The molecule has 0 spiro atoms. The van der Waals surface area contributed by atoms with E-state index in [1.807, 2.05) is 29.2 Å². The highest BCUT2D eigenvalue weighted by atomic mass is 16.5. The fraction of sp³-hybridized carbons (Fsp3) is 0.444. The van der Waals surface area contributed by atoms with E-state index < -0.39 is 12.1 Å². The molecule has 178 valence electrons. The molecule has 7 heteroatoms. The van der Waals surface area contributed by atoms with Crippen molar-refractivity contribution in [3.8, 4) is 11.1 Å². The van der Waals surface area contributed by atoms with Crippen LogP contribution in [-0.4, -0.2) is 54.2 Å². The van der Waals surface area contributed by atoms with Crippen LogP contribution in [0, 0.1) is 17.8 Å². The molecule has 2 aromatic rings. The molecule has 2 N–H and O–H groups in total. The number of nitrogens with zero attached hydrogens (tertiary/aromatic N) is 1. The predicted octanol–water partition coefficient (Wildman–Crippen LogP) is 3.87. The number of carbonyl (C=O) groups is 3. The van der Waals surface area contributed by atoms with Gasteiger partial charge in [-0.3, -0.25) is 9.59 Å². The molecule has 0 radical (unpaired) electrons. The molecular formula is C27H30N2O5. The highest BCUT2D eigenvalue weighted by Crippen LogP contribution is 2.44. The van der Waals surface area contributed by atoms with E-state index in [9.17, 15) is 14.4 Å². The molecule has 0 aromatic heterocycles. The number of benzene rings is 2. The zero-order valence-corrected chi connectivity index (χ0v) is 19.1. The Labute approximate surface area is 199 Å². The number of carboxylic acid groups (broad SMARTS) is 1. The van der Waals surface area contributed by atoms with Crippen LogP contribution < -0.4 is 5.32 Å². The minimum atomic E-state index is -0.786. The summed E-state index contributed by atoms with van der Waals surface area (Å²) >= 11 is 0. The van der Waals surface area contributed by atoms with Crippen LogP contribution in [-0.2, 0) is 14.3 Å². The van der Waals surface area contributed by atoms with Gasteiger partial charge in [0.25, 0.3) is 0 Å².